The Bertz CT molecular complexity index is 2090. The standard InChI is InChI=1S/C35H31FN2O10S3/c1-23-18-20-28(21-19-23)50(42,43)49-34-30(37-29(39)22-46-27-16-10-5-11-17-27)33(40)38(34)31(24(2)48-51(36,44)45)35(41)47-32(25-12-6-3-7-13-25)26-14-8-4-9-15-26/h3-21,30,32,34H,22H2,1-2H3,(H,37,39)/t30-,34-/m1/s1. The SMILES string of the molecule is CC(OS(=O)(=O)F)=C(C(=O)OC(c1ccccc1)c1ccccc1)N1C(=O)[C@@H](NC(=O)COc2ccccc2)[C@H]1SS(=O)(=O)c1ccc(C)cc1. The molecule has 0 spiro atoms. The first kappa shape index (κ1) is 37.1. The van der Waals surface area contributed by atoms with E-state index in [1.165, 1.54) is 12.1 Å². The molecular weight excluding hydrogens is 724 g/mol. The minimum atomic E-state index is -5.75. The van der Waals surface area contributed by atoms with Gasteiger partial charge in [0.1, 0.15) is 17.2 Å². The summed E-state index contributed by atoms with van der Waals surface area (Å²) in [6.45, 7) is 2.09. The maximum absolute atomic E-state index is 14.1. The van der Waals surface area contributed by atoms with Gasteiger partial charge in [0.25, 0.3) is 11.8 Å². The van der Waals surface area contributed by atoms with Crippen LogP contribution in [-0.2, 0) is 42.7 Å². The third-order valence-electron chi connectivity index (χ3n) is 7.43. The number of ether oxygens (including phenoxy) is 2. The summed E-state index contributed by atoms with van der Waals surface area (Å²) in [6, 6.07) is 29.4. The number of rotatable bonds is 14. The van der Waals surface area contributed by atoms with Crippen LogP contribution >= 0.6 is 10.8 Å². The Balaban J connectivity index is 1.53. The summed E-state index contributed by atoms with van der Waals surface area (Å²) < 4.78 is 80.2. The van der Waals surface area contributed by atoms with Crippen molar-refractivity contribution in [3.8, 4) is 5.75 Å². The van der Waals surface area contributed by atoms with E-state index in [0.717, 1.165) is 12.5 Å². The molecule has 1 aliphatic heterocycles. The molecule has 2 atom stereocenters. The van der Waals surface area contributed by atoms with Gasteiger partial charge in [0, 0.05) is 10.8 Å². The minimum Gasteiger partial charge on any atom is -0.484 e. The molecule has 0 unspecified atom stereocenters. The zero-order valence-corrected chi connectivity index (χ0v) is 29.5. The number of para-hydroxylation sites is 1. The molecule has 16 heteroatoms. The van der Waals surface area contributed by atoms with Crippen molar-refractivity contribution < 1.29 is 48.8 Å². The van der Waals surface area contributed by atoms with E-state index < -0.39 is 72.7 Å². The van der Waals surface area contributed by atoms with E-state index in [2.05, 4.69) is 9.50 Å². The van der Waals surface area contributed by atoms with Gasteiger partial charge in [0.05, 0.1) is 4.90 Å². The van der Waals surface area contributed by atoms with Crippen molar-refractivity contribution in [1.82, 2.24) is 10.2 Å². The first-order valence-corrected chi connectivity index (χ1v) is 19.4. The third kappa shape index (κ3) is 9.33. The fraction of sp³-hybridized carbons (Fsp3) is 0.171. The van der Waals surface area contributed by atoms with E-state index in [-0.39, 0.29) is 15.7 Å². The van der Waals surface area contributed by atoms with Crippen LogP contribution in [0.4, 0.5) is 3.89 Å². The van der Waals surface area contributed by atoms with Crippen LogP contribution in [0.5, 0.6) is 5.75 Å². The first-order chi connectivity index (χ1) is 24.2. The number of benzene rings is 4. The largest absolute Gasteiger partial charge is 0.488 e. The summed E-state index contributed by atoms with van der Waals surface area (Å²) in [5.74, 6) is -3.77. The number of amides is 2. The van der Waals surface area contributed by atoms with E-state index in [9.17, 15) is 35.1 Å². The van der Waals surface area contributed by atoms with E-state index in [0.29, 0.717) is 21.8 Å². The molecule has 0 radical (unpaired) electrons. The predicted molar refractivity (Wildman–Crippen MR) is 185 cm³/mol. The molecule has 0 saturated carbocycles. The van der Waals surface area contributed by atoms with Crippen molar-refractivity contribution in [1.29, 1.82) is 0 Å². The molecule has 2 amide bonds. The lowest BCUT2D eigenvalue weighted by molar-refractivity contribution is -0.155. The molecule has 4 aromatic rings. The Labute approximate surface area is 298 Å². The van der Waals surface area contributed by atoms with Crippen molar-refractivity contribution in [3.05, 3.63) is 143 Å². The minimum absolute atomic E-state index is 0.157. The van der Waals surface area contributed by atoms with Gasteiger partial charge in [-0.2, -0.15) is 8.42 Å². The molecule has 1 N–H and O–H groups in total. The zero-order chi connectivity index (χ0) is 36.8. The van der Waals surface area contributed by atoms with Gasteiger partial charge in [-0.3, -0.25) is 14.5 Å². The molecule has 0 bridgehead atoms. The van der Waals surface area contributed by atoms with Crippen molar-refractivity contribution in [2.75, 3.05) is 6.61 Å². The lowest BCUT2D eigenvalue weighted by atomic mass is 10.0. The lowest BCUT2D eigenvalue weighted by Gasteiger charge is -2.46. The topological polar surface area (TPSA) is 162 Å². The summed E-state index contributed by atoms with van der Waals surface area (Å²) >= 11 is 0. The Hall–Kier alpha value is -5.19. The number of nitrogens with one attached hydrogen (secondary N) is 1. The van der Waals surface area contributed by atoms with Gasteiger partial charge in [-0.1, -0.05) is 100 Å². The molecule has 1 heterocycles. The van der Waals surface area contributed by atoms with Crippen LogP contribution < -0.4 is 10.1 Å². The van der Waals surface area contributed by atoms with Crippen LogP contribution in [0.1, 0.15) is 29.7 Å². The molecule has 4 aromatic carbocycles. The number of nitrogens with zero attached hydrogens (tertiary/aromatic N) is 1. The molecule has 266 valence electrons. The lowest BCUT2D eigenvalue weighted by Crippen LogP contribution is -2.70. The summed E-state index contributed by atoms with van der Waals surface area (Å²) in [5.41, 5.74) is 0.835. The third-order valence-corrected chi connectivity index (χ3v) is 11.6. The maximum atomic E-state index is 14.1. The second kappa shape index (κ2) is 15.8. The molecule has 12 nitrogen and oxygen atoms in total. The van der Waals surface area contributed by atoms with E-state index in [4.69, 9.17) is 9.47 Å². The van der Waals surface area contributed by atoms with Crippen LogP contribution in [0, 0.1) is 6.92 Å². The van der Waals surface area contributed by atoms with Gasteiger partial charge >= 0.3 is 16.5 Å². The molecule has 1 fully saturated rings. The molecule has 0 aromatic heterocycles. The van der Waals surface area contributed by atoms with Crippen LogP contribution in [0.25, 0.3) is 0 Å². The highest BCUT2D eigenvalue weighted by Gasteiger charge is 2.55. The summed E-state index contributed by atoms with van der Waals surface area (Å²) in [4.78, 5) is 41.3. The van der Waals surface area contributed by atoms with E-state index in [1.807, 2.05) is 0 Å². The molecule has 51 heavy (non-hydrogen) atoms. The highest BCUT2D eigenvalue weighted by molar-refractivity contribution is 8.72. The average Bonchev–Trinajstić information content (AvgIpc) is 3.10. The highest BCUT2D eigenvalue weighted by atomic mass is 33.1. The van der Waals surface area contributed by atoms with Gasteiger partial charge in [-0.05, 0) is 49.2 Å². The monoisotopic (exact) mass is 754 g/mol. The molecule has 1 aliphatic rings. The second-order valence-electron chi connectivity index (χ2n) is 11.1. The fourth-order valence-corrected chi connectivity index (χ4v) is 8.90. The smallest absolute Gasteiger partial charge is 0.484 e. The van der Waals surface area contributed by atoms with Gasteiger partial charge in [0.15, 0.2) is 24.2 Å². The van der Waals surface area contributed by atoms with Crippen LogP contribution in [0.3, 0.4) is 0 Å². The summed E-state index contributed by atoms with van der Waals surface area (Å²) in [7, 11) is -9.87. The van der Waals surface area contributed by atoms with E-state index in [1.54, 1.807) is 110 Å². The number of halogens is 1. The Morgan fingerprint density at radius 3 is 1.90 bits per heavy atom. The molecule has 1 saturated heterocycles. The van der Waals surface area contributed by atoms with Crippen LogP contribution in [0.2, 0.25) is 0 Å². The normalized spacial score (nSPS) is 16.5. The number of hydrogen-bond donors (Lipinski definition) is 1. The zero-order valence-electron chi connectivity index (χ0n) is 27.0. The first-order valence-electron chi connectivity index (χ1n) is 15.2. The maximum Gasteiger partial charge on any atom is 0.488 e. The predicted octanol–water partition coefficient (Wildman–Crippen LogP) is 4.94. The number of esters is 1. The van der Waals surface area contributed by atoms with Gasteiger partial charge < -0.3 is 19.0 Å². The Morgan fingerprint density at radius 1 is 0.843 bits per heavy atom. The van der Waals surface area contributed by atoms with Crippen molar-refractivity contribution >= 4 is 48.0 Å². The number of carbonyl (C=O) groups is 3. The quantitative estimate of drug-likeness (QED) is 0.0463. The van der Waals surface area contributed by atoms with Gasteiger partial charge in [0.2, 0.25) is 8.87 Å². The fourth-order valence-electron chi connectivity index (χ4n) is 5.05. The van der Waals surface area contributed by atoms with Crippen LogP contribution in [0.15, 0.2) is 132 Å². The Kier molecular flexibility index (Phi) is 11.5. The number of allylic oxidation sites excluding steroid dienone is 1. The molecule has 0 aliphatic carbocycles. The number of hydrogen-bond acceptors (Lipinski definition) is 11. The average molecular weight is 755 g/mol. The Morgan fingerprint density at radius 2 is 1.37 bits per heavy atom. The number of β-lactam (4-membered cyclic amide) rings is 1. The van der Waals surface area contributed by atoms with Gasteiger partial charge in [-0.15, -0.1) is 0 Å². The summed E-state index contributed by atoms with van der Waals surface area (Å²) in [5, 5.41) is 0.827. The molecular formula is C35H31FN2O10S3. The molecule has 5 rings (SSSR count). The second-order valence-corrected chi connectivity index (χ2v) is 16.0. The number of carbonyl (C=O) groups excluding carboxylic acids is 3. The van der Waals surface area contributed by atoms with Crippen molar-refractivity contribution in [2.24, 2.45) is 0 Å². The number of aryl methyl sites for hydroxylation is 1. The van der Waals surface area contributed by atoms with Crippen LogP contribution in [-0.4, -0.2) is 57.5 Å². The number of likely N-dealkylation sites (tertiary alicyclic amines) is 1. The van der Waals surface area contributed by atoms with Crippen molar-refractivity contribution in [3.63, 3.8) is 0 Å². The summed E-state index contributed by atoms with van der Waals surface area (Å²) in [6.07, 6.45) is -1.12. The van der Waals surface area contributed by atoms with Crippen molar-refractivity contribution in [2.45, 2.75) is 36.3 Å². The highest BCUT2D eigenvalue weighted by Crippen LogP contribution is 2.41. The van der Waals surface area contributed by atoms with Gasteiger partial charge in [-0.25, -0.2) is 13.2 Å². The van der Waals surface area contributed by atoms with E-state index >= 15 is 0 Å².